The molecule has 2 nitrogen and oxygen atoms in total. The molecule has 0 saturated heterocycles. The Kier molecular flexibility index (Phi) is 5.82. The molecule has 1 heterocycles. The molecule has 0 aliphatic rings. The summed E-state index contributed by atoms with van der Waals surface area (Å²) in [6, 6.07) is 7.85. The van der Waals surface area contributed by atoms with E-state index in [4.69, 9.17) is 23.2 Å². The number of unbranched alkanes of at least 4 members (excludes halogenated alkanes) is 1. The standard InChI is InChI=1S/C15H18Cl2N2S/c1-2-3-10-20-15(17,19-9-8-18-12-19)11-13-4-6-14(16)7-5-13/h4-9,12H,2-3,10-11H2,1H3. The molecule has 0 saturated carbocycles. The monoisotopic (exact) mass is 328 g/mol. The predicted molar refractivity (Wildman–Crippen MR) is 88.6 cm³/mol. The molecule has 0 aliphatic carbocycles. The van der Waals surface area contributed by atoms with Gasteiger partial charge in [-0.25, -0.2) is 4.98 Å². The molecule has 0 amide bonds. The van der Waals surface area contributed by atoms with Crippen molar-refractivity contribution in [3.8, 4) is 0 Å². The Labute approximate surface area is 134 Å². The summed E-state index contributed by atoms with van der Waals surface area (Å²) in [5, 5.41) is 0.746. The van der Waals surface area contributed by atoms with Gasteiger partial charge in [0.2, 0.25) is 0 Å². The molecule has 0 spiro atoms. The molecule has 1 aromatic carbocycles. The Morgan fingerprint density at radius 1 is 1.30 bits per heavy atom. The van der Waals surface area contributed by atoms with E-state index in [9.17, 15) is 0 Å². The summed E-state index contributed by atoms with van der Waals surface area (Å²) in [4.78, 5) is 4.12. The van der Waals surface area contributed by atoms with Gasteiger partial charge in [0.25, 0.3) is 0 Å². The van der Waals surface area contributed by atoms with E-state index in [2.05, 4.69) is 11.9 Å². The Morgan fingerprint density at radius 3 is 2.65 bits per heavy atom. The molecule has 1 unspecified atom stereocenters. The summed E-state index contributed by atoms with van der Waals surface area (Å²) in [7, 11) is 0. The van der Waals surface area contributed by atoms with E-state index in [0.717, 1.165) is 23.6 Å². The van der Waals surface area contributed by atoms with Gasteiger partial charge in [-0.2, -0.15) is 0 Å². The van der Waals surface area contributed by atoms with Crippen molar-refractivity contribution in [3.63, 3.8) is 0 Å². The molecule has 0 aliphatic heterocycles. The highest BCUT2D eigenvalue weighted by Crippen LogP contribution is 2.39. The van der Waals surface area contributed by atoms with Crippen molar-refractivity contribution in [1.82, 2.24) is 9.55 Å². The highest BCUT2D eigenvalue weighted by atomic mass is 35.5. The van der Waals surface area contributed by atoms with Gasteiger partial charge in [0.15, 0.2) is 4.33 Å². The first-order valence-electron chi connectivity index (χ1n) is 6.70. The van der Waals surface area contributed by atoms with Crippen molar-refractivity contribution in [2.45, 2.75) is 30.5 Å². The van der Waals surface area contributed by atoms with Crippen LogP contribution in [0.15, 0.2) is 43.0 Å². The van der Waals surface area contributed by atoms with Crippen molar-refractivity contribution >= 4 is 35.0 Å². The highest BCUT2D eigenvalue weighted by Gasteiger charge is 2.29. The Morgan fingerprint density at radius 2 is 2.05 bits per heavy atom. The minimum atomic E-state index is -0.528. The molecule has 0 N–H and O–H groups in total. The third-order valence-corrected chi connectivity index (χ3v) is 5.24. The topological polar surface area (TPSA) is 17.8 Å². The van der Waals surface area contributed by atoms with Gasteiger partial charge in [-0.15, -0.1) is 11.8 Å². The first-order chi connectivity index (χ1) is 9.64. The molecule has 2 aromatic rings. The second-order valence-electron chi connectivity index (χ2n) is 4.66. The van der Waals surface area contributed by atoms with Crippen LogP contribution in [0.3, 0.4) is 0 Å². The van der Waals surface area contributed by atoms with Crippen LogP contribution in [-0.2, 0) is 10.8 Å². The van der Waals surface area contributed by atoms with Crippen molar-refractivity contribution in [1.29, 1.82) is 0 Å². The maximum Gasteiger partial charge on any atom is 0.170 e. The molecule has 1 atom stereocenters. The molecular weight excluding hydrogens is 311 g/mol. The number of benzene rings is 1. The lowest BCUT2D eigenvalue weighted by Crippen LogP contribution is -2.25. The predicted octanol–water partition coefficient (Wildman–Crippen LogP) is 5.16. The van der Waals surface area contributed by atoms with Crippen LogP contribution >= 0.6 is 35.0 Å². The average Bonchev–Trinajstić information content (AvgIpc) is 2.97. The molecule has 1 aromatic heterocycles. The molecule has 0 fully saturated rings. The first-order valence-corrected chi connectivity index (χ1v) is 8.44. The van der Waals surface area contributed by atoms with Crippen LogP contribution in [0, 0.1) is 0 Å². The zero-order valence-corrected chi connectivity index (χ0v) is 13.8. The van der Waals surface area contributed by atoms with Crippen LogP contribution < -0.4 is 0 Å². The highest BCUT2D eigenvalue weighted by molar-refractivity contribution is 8.01. The number of nitrogens with zero attached hydrogens (tertiary/aromatic N) is 2. The van der Waals surface area contributed by atoms with E-state index in [1.807, 2.05) is 35.0 Å². The van der Waals surface area contributed by atoms with E-state index < -0.39 is 4.33 Å². The van der Waals surface area contributed by atoms with Crippen LogP contribution in [0.4, 0.5) is 0 Å². The lowest BCUT2D eigenvalue weighted by Gasteiger charge is -2.28. The van der Waals surface area contributed by atoms with Crippen LogP contribution in [0.25, 0.3) is 0 Å². The molecule has 108 valence electrons. The molecule has 20 heavy (non-hydrogen) atoms. The molecule has 0 radical (unpaired) electrons. The fourth-order valence-corrected chi connectivity index (χ4v) is 3.78. The van der Waals surface area contributed by atoms with Crippen LogP contribution in [0.5, 0.6) is 0 Å². The molecule has 5 heteroatoms. The van der Waals surface area contributed by atoms with Crippen molar-refractivity contribution in [3.05, 3.63) is 53.6 Å². The number of alkyl halides is 1. The van der Waals surface area contributed by atoms with E-state index in [1.165, 1.54) is 12.0 Å². The maximum atomic E-state index is 6.87. The van der Waals surface area contributed by atoms with E-state index in [-0.39, 0.29) is 0 Å². The minimum Gasteiger partial charge on any atom is -0.309 e. The van der Waals surface area contributed by atoms with Crippen LogP contribution in [0.1, 0.15) is 25.3 Å². The zero-order valence-electron chi connectivity index (χ0n) is 11.4. The quantitative estimate of drug-likeness (QED) is 0.516. The summed E-state index contributed by atoms with van der Waals surface area (Å²) in [5.41, 5.74) is 1.17. The number of aromatic nitrogens is 2. The van der Waals surface area contributed by atoms with Gasteiger partial charge in [0, 0.05) is 23.8 Å². The molecular formula is C15H18Cl2N2S. The maximum absolute atomic E-state index is 6.87. The normalized spacial score (nSPS) is 14.2. The Hall–Kier alpha value is -0.640. The number of hydrogen-bond acceptors (Lipinski definition) is 2. The van der Waals surface area contributed by atoms with Gasteiger partial charge < -0.3 is 4.57 Å². The van der Waals surface area contributed by atoms with E-state index in [1.54, 1.807) is 24.3 Å². The van der Waals surface area contributed by atoms with Crippen molar-refractivity contribution in [2.24, 2.45) is 0 Å². The summed E-state index contributed by atoms with van der Waals surface area (Å²) in [6.07, 6.45) is 8.53. The smallest absolute Gasteiger partial charge is 0.170 e. The lowest BCUT2D eigenvalue weighted by molar-refractivity contribution is 0.604. The number of rotatable bonds is 7. The van der Waals surface area contributed by atoms with Gasteiger partial charge in [0.1, 0.15) is 0 Å². The number of halogens is 2. The minimum absolute atomic E-state index is 0.528. The van der Waals surface area contributed by atoms with Crippen LogP contribution in [0.2, 0.25) is 5.02 Å². The first kappa shape index (κ1) is 15.7. The van der Waals surface area contributed by atoms with Gasteiger partial charge in [-0.3, -0.25) is 0 Å². The Balaban J connectivity index is 2.15. The summed E-state index contributed by atoms with van der Waals surface area (Å²) < 4.78 is 1.45. The third-order valence-electron chi connectivity index (χ3n) is 3.05. The van der Waals surface area contributed by atoms with Gasteiger partial charge in [-0.1, -0.05) is 48.7 Å². The second-order valence-corrected chi connectivity index (χ2v) is 7.32. The second kappa shape index (κ2) is 7.39. The van der Waals surface area contributed by atoms with Crippen molar-refractivity contribution in [2.75, 3.05) is 5.75 Å². The fourth-order valence-electron chi connectivity index (χ4n) is 1.90. The number of imidazole rings is 1. The molecule has 0 bridgehead atoms. The Bertz CT molecular complexity index is 513. The number of thioether (sulfide) groups is 1. The lowest BCUT2D eigenvalue weighted by atomic mass is 10.1. The molecule has 2 rings (SSSR count). The summed E-state index contributed by atoms with van der Waals surface area (Å²) in [6.45, 7) is 2.19. The van der Waals surface area contributed by atoms with E-state index in [0.29, 0.717) is 0 Å². The fraction of sp³-hybridized carbons (Fsp3) is 0.400. The SMILES string of the molecule is CCCCSC(Cl)(Cc1ccc(Cl)cc1)n1ccnc1. The largest absolute Gasteiger partial charge is 0.309 e. The summed E-state index contributed by atoms with van der Waals surface area (Å²) in [5.74, 6) is 1.03. The zero-order chi connectivity index (χ0) is 14.4. The van der Waals surface area contributed by atoms with Gasteiger partial charge in [0.05, 0.1) is 6.33 Å². The van der Waals surface area contributed by atoms with Gasteiger partial charge in [-0.05, 0) is 29.9 Å². The number of hydrogen-bond donors (Lipinski definition) is 0. The summed E-state index contributed by atoms with van der Waals surface area (Å²) >= 11 is 14.6. The van der Waals surface area contributed by atoms with Crippen LogP contribution in [-0.4, -0.2) is 15.3 Å². The van der Waals surface area contributed by atoms with Gasteiger partial charge >= 0.3 is 0 Å². The van der Waals surface area contributed by atoms with E-state index >= 15 is 0 Å². The average molecular weight is 329 g/mol. The van der Waals surface area contributed by atoms with Crippen molar-refractivity contribution < 1.29 is 0 Å². The third kappa shape index (κ3) is 4.18.